The number of benzene rings is 2. The van der Waals surface area contributed by atoms with Gasteiger partial charge in [-0.25, -0.2) is 9.48 Å². The average molecular weight is 463 g/mol. The molecule has 10 nitrogen and oxygen atoms in total. The molecule has 0 aliphatic rings. The third-order valence-corrected chi connectivity index (χ3v) is 5.38. The molecule has 1 atom stereocenters. The summed E-state index contributed by atoms with van der Waals surface area (Å²) < 4.78 is 6.79. The number of carbonyl (C=O) groups is 2. The van der Waals surface area contributed by atoms with Crippen LogP contribution in [-0.2, 0) is 9.53 Å². The normalized spacial score (nSPS) is 11.5. The van der Waals surface area contributed by atoms with Crippen LogP contribution in [0.4, 0.5) is 11.4 Å². The number of para-hydroxylation sites is 1. The van der Waals surface area contributed by atoms with Crippen molar-refractivity contribution in [3.8, 4) is 16.4 Å². The molecule has 4 rings (SSSR count). The highest BCUT2D eigenvalue weighted by Crippen LogP contribution is 2.26. The maximum absolute atomic E-state index is 12.7. The van der Waals surface area contributed by atoms with Crippen LogP contribution in [0, 0.1) is 10.1 Å². The molecule has 11 heteroatoms. The van der Waals surface area contributed by atoms with Gasteiger partial charge in [0.2, 0.25) is 0 Å². The van der Waals surface area contributed by atoms with E-state index in [4.69, 9.17) is 4.74 Å². The van der Waals surface area contributed by atoms with E-state index < -0.39 is 22.9 Å². The van der Waals surface area contributed by atoms with Crippen LogP contribution in [0.5, 0.6) is 0 Å². The molecular weight excluding hydrogens is 446 g/mol. The Labute approximate surface area is 191 Å². The summed E-state index contributed by atoms with van der Waals surface area (Å²) in [6.07, 6.45) is -1.19. The lowest BCUT2D eigenvalue weighted by Crippen LogP contribution is -2.30. The zero-order chi connectivity index (χ0) is 23.4. The first-order valence-electron chi connectivity index (χ1n) is 9.75. The van der Waals surface area contributed by atoms with Crippen LogP contribution in [0.25, 0.3) is 16.4 Å². The van der Waals surface area contributed by atoms with Crippen molar-refractivity contribution in [2.24, 2.45) is 0 Å². The van der Waals surface area contributed by atoms with E-state index in [9.17, 15) is 19.7 Å². The predicted octanol–water partition coefficient (Wildman–Crippen LogP) is 4.09. The van der Waals surface area contributed by atoms with Gasteiger partial charge in [-0.15, -0.1) is 16.4 Å². The molecule has 166 valence electrons. The molecule has 4 aromatic rings. The molecule has 1 unspecified atom stereocenters. The molecule has 0 radical (unpaired) electrons. The van der Waals surface area contributed by atoms with Gasteiger partial charge in [-0.3, -0.25) is 14.9 Å². The molecule has 2 aromatic heterocycles. The molecule has 0 fully saturated rings. The van der Waals surface area contributed by atoms with E-state index >= 15 is 0 Å². The summed E-state index contributed by atoms with van der Waals surface area (Å²) in [7, 11) is 0. The Morgan fingerprint density at radius 2 is 1.91 bits per heavy atom. The summed E-state index contributed by atoms with van der Waals surface area (Å²) in [5.74, 6) is -1.25. The number of anilines is 1. The van der Waals surface area contributed by atoms with Gasteiger partial charge in [0.25, 0.3) is 17.4 Å². The first-order chi connectivity index (χ1) is 15.9. The van der Waals surface area contributed by atoms with E-state index in [1.807, 2.05) is 47.8 Å². The van der Waals surface area contributed by atoms with E-state index in [1.165, 1.54) is 47.2 Å². The fourth-order valence-electron chi connectivity index (χ4n) is 2.92. The summed E-state index contributed by atoms with van der Waals surface area (Å²) in [5.41, 5.74) is 0.752. The number of ether oxygens (including phenoxy) is 1. The summed E-state index contributed by atoms with van der Waals surface area (Å²) in [4.78, 5) is 40.6. The van der Waals surface area contributed by atoms with Crippen molar-refractivity contribution in [3.05, 3.63) is 88.0 Å². The Bertz CT molecular complexity index is 1300. The lowest BCUT2D eigenvalue weighted by molar-refractivity contribution is -0.384. The van der Waals surface area contributed by atoms with Crippen molar-refractivity contribution in [3.63, 3.8) is 0 Å². The number of nitro benzene ring substituents is 1. The second-order valence-electron chi connectivity index (χ2n) is 6.83. The number of hydrogen-bond acceptors (Lipinski definition) is 8. The number of thiophene rings is 1. The molecule has 1 amide bonds. The highest BCUT2D eigenvalue weighted by molar-refractivity contribution is 7.13. The quantitative estimate of drug-likeness (QED) is 0.248. The van der Waals surface area contributed by atoms with E-state index in [0.717, 1.165) is 4.88 Å². The van der Waals surface area contributed by atoms with Crippen molar-refractivity contribution in [1.29, 1.82) is 0 Å². The number of amides is 1. The Balaban J connectivity index is 1.52. The minimum absolute atomic E-state index is 0.172. The summed E-state index contributed by atoms with van der Waals surface area (Å²) >= 11 is 1.45. The lowest BCUT2D eigenvalue weighted by Gasteiger charge is -2.12. The average Bonchev–Trinajstić information content (AvgIpc) is 3.50. The molecule has 1 N–H and O–H groups in total. The zero-order valence-electron chi connectivity index (χ0n) is 17.2. The molecule has 2 aromatic carbocycles. The molecule has 0 saturated carbocycles. The SMILES string of the molecule is CC(OC(=O)c1nc(-c2cccs2)n(-c2ccccc2)n1)C(=O)Nc1cccc([N+](=O)[O-])c1. The van der Waals surface area contributed by atoms with Gasteiger partial charge in [-0.2, -0.15) is 4.98 Å². The summed E-state index contributed by atoms with van der Waals surface area (Å²) in [6, 6.07) is 18.4. The van der Waals surface area contributed by atoms with E-state index in [-0.39, 0.29) is 17.2 Å². The van der Waals surface area contributed by atoms with Crippen molar-refractivity contribution in [1.82, 2.24) is 14.8 Å². The summed E-state index contributed by atoms with van der Waals surface area (Å²) in [5, 5.41) is 19.6. The molecule has 33 heavy (non-hydrogen) atoms. The minimum atomic E-state index is -1.19. The van der Waals surface area contributed by atoms with Crippen LogP contribution in [0.2, 0.25) is 0 Å². The number of esters is 1. The number of non-ortho nitro benzene ring substituents is 1. The topological polar surface area (TPSA) is 129 Å². The minimum Gasteiger partial charge on any atom is -0.447 e. The van der Waals surface area contributed by atoms with Crippen LogP contribution in [0.3, 0.4) is 0 Å². The van der Waals surface area contributed by atoms with Gasteiger partial charge in [-0.05, 0) is 36.6 Å². The number of aromatic nitrogens is 3. The predicted molar refractivity (Wildman–Crippen MR) is 121 cm³/mol. The first kappa shape index (κ1) is 21.8. The van der Waals surface area contributed by atoms with Crippen LogP contribution < -0.4 is 5.32 Å². The monoisotopic (exact) mass is 463 g/mol. The van der Waals surface area contributed by atoms with Gasteiger partial charge in [-0.1, -0.05) is 30.3 Å². The molecular formula is C22H17N5O5S. The van der Waals surface area contributed by atoms with E-state index in [2.05, 4.69) is 15.4 Å². The van der Waals surface area contributed by atoms with Gasteiger partial charge in [0, 0.05) is 17.8 Å². The third-order valence-electron chi connectivity index (χ3n) is 4.51. The van der Waals surface area contributed by atoms with Crippen molar-refractivity contribution < 1.29 is 19.2 Å². The molecule has 0 spiro atoms. The van der Waals surface area contributed by atoms with Gasteiger partial charge < -0.3 is 10.1 Å². The molecule has 0 aliphatic heterocycles. The number of nitrogens with one attached hydrogen (secondary N) is 1. The standard InChI is InChI=1S/C22H17N5O5S/c1-14(21(28)23-15-7-5-10-17(13-15)27(30)31)32-22(29)19-24-20(18-11-6-12-33-18)26(25-19)16-8-3-2-4-9-16/h2-14H,1H3,(H,23,28). The zero-order valence-corrected chi connectivity index (χ0v) is 18.1. The first-order valence-corrected chi connectivity index (χ1v) is 10.6. The van der Waals surface area contributed by atoms with E-state index in [1.54, 1.807) is 0 Å². The van der Waals surface area contributed by atoms with Gasteiger partial charge in [0.1, 0.15) is 0 Å². The Kier molecular flexibility index (Phi) is 6.22. The third kappa shape index (κ3) is 4.93. The highest BCUT2D eigenvalue weighted by Gasteiger charge is 2.25. The lowest BCUT2D eigenvalue weighted by atomic mass is 10.2. The number of carbonyl (C=O) groups excluding carboxylic acids is 2. The van der Waals surface area contributed by atoms with Crippen LogP contribution >= 0.6 is 11.3 Å². The smallest absolute Gasteiger partial charge is 0.379 e. The van der Waals surface area contributed by atoms with Crippen molar-refractivity contribution in [2.45, 2.75) is 13.0 Å². The van der Waals surface area contributed by atoms with Gasteiger partial charge in [0.15, 0.2) is 11.9 Å². The fraction of sp³-hybridized carbons (Fsp3) is 0.0909. The van der Waals surface area contributed by atoms with Crippen molar-refractivity contribution >= 4 is 34.6 Å². The largest absolute Gasteiger partial charge is 0.447 e. The van der Waals surface area contributed by atoms with E-state index in [0.29, 0.717) is 11.5 Å². The molecule has 0 bridgehead atoms. The number of nitrogens with zero attached hydrogens (tertiary/aromatic N) is 4. The molecule has 2 heterocycles. The Morgan fingerprint density at radius 1 is 1.12 bits per heavy atom. The van der Waals surface area contributed by atoms with Crippen LogP contribution in [0.15, 0.2) is 72.1 Å². The number of hydrogen-bond donors (Lipinski definition) is 1. The molecule has 0 saturated heterocycles. The maximum atomic E-state index is 12.7. The molecule has 0 aliphatic carbocycles. The van der Waals surface area contributed by atoms with Crippen molar-refractivity contribution in [2.75, 3.05) is 5.32 Å². The Hall–Kier alpha value is -4.38. The number of nitro groups is 1. The second kappa shape index (κ2) is 9.40. The van der Waals surface area contributed by atoms with Gasteiger partial charge in [0.05, 0.1) is 15.5 Å². The fourth-order valence-corrected chi connectivity index (χ4v) is 3.62. The maximum Gasteiger partial charge on any atom is 0.379 e. The second-order valence-corrected chi connectivity index (χ2v) is 7.78. The van der Waals surface area contributed by atoms with Gasteiger partial charge >= 0.3 is 5.97 Å². The van der Waals surface area contributed by atoms with Crippen LogP contribution in [0.1, 0.15) is 17.5 Å². The number of rotatable bonds is 7. The Morgan fingerprint density at radius 3 is 2.61 bits per heavy atom. The highest BCUT2D eigenvalue weighted by atomic mass is 32.1. The van der Waals surface area contributed by atoms with Crippen LogP contribution in [-0.4, -0.2) is 37.7 Å². The summed E-state index contributed by atoms with van der Waals surface area (Å²) in [6.45, 7) is 1.39.